The molecule has 5 heteroatoms. The van der Waals surface area contributed by atoms with Crippen LogP contribution in [0.4, 0.5) is 0 Å². The smallest absolute Gasteiger partial charge is 0.174 e. The van der Waals surface area contributed by atoms with E-state index in [9.17, 15) is 0 Å². The SMILES string of the molecule is CC(C)n1cnnc1-c1cc2sccc2s1. The molecule has 0 unspecified atom stereocenters. The number of nitrogens with zero attached hydrogens (tertiary/aromatic N) is 3. The van der Waals surface area contributed by atoms with Crippen molar-refractivity contribution in [3.05, 3.63) is 23.8 Å². The normalized spacial score (nSPS) is 11.7. The second-order valence-electron chi connectivity index (χ2n) is 3.92. The Hall–Kier alpha value is -1.20. The zero-order valence-corrected chi connectivity index (χ0v) is 10.7. The molecule has 3 aromatic heterocycles. The van der Waals surface area contributed by atoms with Gasteiger partial charge in [-0.05, 0) is 31.4 Å². The van der Waals surface area contributed by atoms with Gasteiger partial charge < -0.3 is 4.57 Å². The topological polar surface area (TPSA) is 30.7 Å². The van der Waals surface area contributed by atoms with Crippen molar-refractivity contribution < 1.29 is 0 Å². The van der Waals surface area contributed by atoms with E-state index < -0.39 is 0 Å². The van der Waals surface area contributed by atoms with Gasteiger partial charge in [0.1, 0.15) is 6.33 Å². The third-order valence-electron chi connectivity index (χ3n) is 2.49. The maximum Gasteiger partial charge on any atom is 0.174 e. The van der Waals surface area contributed by atoms with Crippen molar-refractivity contribution in [2.75, 3.05) is 0 Å². The number of hydrogen-bond acceptors (Lipinski definition) is 4. The van der Waals surface area contributed by atoms with Crippen LogP contribution < -0.4 is 0 Å². The zero-order valence-electron chi connectivity index (χ0n) is 9.04. The summed E-state index contributed by atoms with van der Waals surface area (Å²) in [5.74, 6) is 0.975. The fraction of sp³-hybridized carbons (Fsp3) is 0.273. The van der Waals surface area contributed by atoms with Crippen molar-refractivity contribution in [2.24, 2.45) is 0 Å². The Labute approximate surface area is 101 Å². The fourth-order valence-corrected chi connectivity index (χ4v) is 3.77. The third-order valence-corrected chi connectivity index (χ3v) is 4.58. The van der Waals surface area contributed by atoms with E-state index in [-0.39, 0.29) is 0 Å². The van der Waals surface area contributed by atoms with Gasteiger partial charge in [0.15, 0.2) is 5.82 Å². The van der Waals surface area contributed by atoms with Crippen LogP contribution >= 0.6 is 22.7 Å². The lowest BCUT2D eigenvalue weighted by molar-refractivity contribution is 0.604. The van der Waals surface area contributed by atoms with Gasteiger partial charge in [-0.2, -0.15) is 0 Å². The number of rotatable bonds is 2. The van der Waals surface area contributed by atoms with E-state index in [4.69, 9.17) is 0 Å². The lowest BCUT2D eigenvalue weighted by Crippen LogP contribution is -2.00. The van der Waals surface area contributed by atoms with Crippen molar-refractivity contribution in [3.8, 4) is 10.7 Å². The Bertz CT molecular complexity index is 589. The highest BCUT2D eigenvalue weighted by Crippen LogP contribution is 2.35. The van der Waals surface area contributed by atoms with Crippen LogP contribution in [-0.2, 0) is 0 Å². The van der Waals surface area contributed by atoms with Crippen LogP contribution in [0.2, 0.25) is 0 Å². The molecule has 0 aliphatic heterocycles. The molecule has 0 bridgehead atoms. The van der Waals surface area contributed by atoms with Gasteiger partial charge in [-0.3, -0.25) is 0 Å². The van der Waals surface area contributed by atoms with Crippen LogP contribution in [-0.4, -0.2) is 14.8 Å². The maximum absolute atomic E-state index is 4.21. The van der Waals surface area contributed by atoms with Gasteiger partial charge >= 0.3 is 0 Å². The first-order valence-corrected chi connectivity index (χ1v) is 6.82. The van der Waals surface area contributed by atoms with Crippen molar-refractivity contribution >= 4 is 32.1 Å². The van der Waals surface area contributed by atoms with Gasteiger partial charge in [-0.1, -0.05) is 0 Å². The molecule has 16 heavy (non-hydrogen) atoms. The number of hydrogen-bond donors (Lipinski definition) is 0. The van der Waals surface area contributed by atoms with Gasteiger partial charge in [0.2, 0.25) is 0 Å². The van der Waals surface area contributed by atoms with E-state index in [1.165, 1.54) is 14.3 Å². The van der Waals surface area contributed by atoms with E-state index >= 15 is 0 Å². The summed E-state index contributed by atoms with van der Waals surface area (Å²) in [5.41, 5.74) is 0. The average molecular weight is 249 g/mol. The summed E-state index contributed by atoms with van der Waals surface area (Å²) in [6.07, 6.45) is 1.80. The van der Waals surface area contributed by atoms with Crippen molar-refractivity contribution in [1.82, 2.24) is 14.8 Å². The average Bonchev–Trinajstić information content (AvgIpc) is 2.91. The molecule has 0 aliphatic carbocycles. The molecule has 3 rings (SSSR count). The van der Waals surface area contributed by atoms with Gasteiger partial charge in [0.25, 0.3) is 0 Å². The Balaban J connectivity index is 2.15. The van der Waals surface area contributed by atoms with Crippen LogP contribution in [0.25, 0.3) is 20.1 Å². The predicted molar refractivity (Wildman–Crippen MR) is 69.1 cm³/mol. The summed E-state index contributed by atoms with van der Waals surface area (Å²) in [6, 6.07) is 4.75. The van der Waals surface area contributed by atoms with Crippen LogP contribution in [0, 0.1) is 0 Å². The molecule has 0 aliphatic rings. The first-order valence-electron chi connectivity index (χ1n) is 5.12. The van der Waals surface area contributed by atoms with Gasteiger partial charge in [0.05, 0.1) is 4.88 Å². The first kappa shape index (κ1) is 9.99. The fourth-order valence-electron chi connectivity index (χ4n) is 1.67. The summed E-state index contributed by atoms with van der Waals surface area (Å²) in [5, 5.41) is 10.3. The van der Waals surface area contributed by atoms with E-state index in [1.54, 1.807) is 29.0 Å². The number of aromatic nitrogens is 3. The first-order chi connectivity index (χ1) is 7.75. The minimum Gasteiger partial charge on any atom is -0.310 e. The van der Waals surface area contributed by atoms with Crippen LogP contribution in [0.1, 0.15) is 19.9 Å². The van der Waals surface area contributed by atoms with Gasteiger partial charge in [0, 0.05) is 15.4 Å². The molecular weight excluding hydrogens is 238 g/mol. The standard InChI is InChI=1S/C11H11N3S2/c1-7(2)14-6-12-13-11(14)10-5-9-8(16-10)3-4-15-9/h3-7H,1-2H3. The molecule has 3 heterocycles. The quantitative estimate of drug-likeness (QED) is 0.691. The highest BCUT2D eigenvalue weighted by Gasteiger charge is 2.13. The molecule has 0 saturated heterocycles. The zero-order chi connectivity index (χ0) is 11.1. The largest absolute Gasteiger partial charge is 0.310 e. The van der Waals surface area contributed by atoms with Crippen LogP contribution in [0.3, 0.4) is 0 Å². The van der Waals surface area contributed by atoms with Gasteiger partial charge in [-0.15, -0.1) is 32.9 Å². The molecule has 0 atom stereocenters. The molecule has 0 N–H and O–H groups in total. The maximum atomic E-state index is 4.21. The Morgan fingerprint density at radius 1 is 1.31 bits per heavy atom. The molecular formula is C11H11N3S2. The summed E-state index contributed by atoms with van der Waals surface area (Å²) in [6.45, 7) is 4.28. The molecule has 0 saturated carbocycles. The third kappa shape index (κ3) is 1.47. The van der Waals surface area contributed by atoms with Crippen LogP contribution in [0.5, 0.6) is 0 Å². The molecule has 0 spiro atoms. The monoisotopic (exact) mass is 249 g/mol. The summed E-state index contributed by atoms with van der Waals surface area (Å²) in [4.78, 5) is 1.20. The molecule has 0 amide bonds. The Morgan fingerprint density at radius 3 is 2.94 bits per heavy atom. The van der Waals surface area contributed by atoms with Crippen LogP contribution in [0.15, 0.2) is 23.8 Å². The Kier molecular flexibility index (Phi) is 2.29. The Morgan fingerprint density at radius 2 is 2.19 bits per heavy atom. The number of thiophene rings is 2. The second-order valence-corrected chi connectivity index (χ2v) is 5.95. The summed E-state index contributed by atoms with van der Waals surface area (Å²) < 4.78 is 4.77. The predicted octanol–water partition coefficient (Wildman–Crippen LogP) is 3.80. The minimum atomic E-state index is 0.394. The molecule has 3 aromatic rings. The molecule has 82 valence electrons. The van der Waals surface area contributed by atoms with Crippen molar-refractivity contribution in [2.45, 2.75) is 19.9 Å². The van der Waals surface area contributed by atoms with E-state index in [2.05, 4.69) is 46.1 Å². The van der Waals surface area contributed by atoms with E-state index in [0.29, 0.717) is 6.04 Å². The molecule has 0 radical (unpaired) electrons. The molecule has 0 fully saturated rings. The van der Waals surface area contributed by atoms with Crippen molar-refractivity contribution in [3.63, 3.8) is 0 Å². The van der Waals surface area contributed by atoms with Gasteiger partial charge in [-0.25, -0.2) is 0 Å². The lowest BCUT2D eigenvalue weighted by Gasteiger charge is -2.07. The van der Waals surface area contributed by atoms with Crippen molar-refractivity contribution in [1.29, 1.82) is 0 Å². The van der Waals surface area contributed by atoms with E-state index in [1.807, 2.05) is 0 Å². The summed E-state index contributed by atoms with van der Waals surface area (Å²) in [7, 11) is 0. The second kappa shape index (κ2) is 3.68. The minimum absolute atomic E-state index is 0.394. The number of fused-ring (bicyclic) bond motifs is 1. The molecule has 0 aromatic carbocycles. The summed E-state index contributed by atoms with van der Waals surface area (Å²) >= 11 is 3.55. The lowest BCUT2D eigenvalue weighted by atomic mass is 10.3. The van der Waals surface area contributed by atoms with E-state index in [0.717, 1.165) is 5.82 Å². The molecule has 3 nitrogen and oxygen atoms in total. The highest BCUT2D eigenvalue weighted by atomic mass is 32.1. The highest BCUT2D eigenvalue weighted by molar-refractivity contribution is 7.28.